The zero-order valence-electron chi connectivity index (χ0n) is 11.0. The number of hydrogen-bond acceptors (Lipinski definition) is 5. The maximum atomic E-state index is 4.44. The molecular formula is C12H18N6. The van der Waals surface area contributed by atoms with Crippen LogP contribution >= 0.6 is 0 Å². The van der Waals surface area contributed by atoms with Gasteiger partial charge in [-0.05, 0) is 20.3 Å². The Morgan fingerprint density at radius 3 is 2.83 bits per heavy atom. The molecule has 0 aromatic carbocycles. The molecule has 2 aromatic rings. The summed E-state index contributed by atoms with van der Waals surface area (Å²) in [5.74, 6) is 1.60. The third kappa shape index (κ3) is 2.64. The number of nitrogens with zero attached hydrogens (tertiary/aromatic N) is 5. The first-order chi connectivity index (χ1) is 8.74. The number of aryl methyl sites for hydroxylation is 2. The van der Waals surface area contributed by atoms with Gasteiger partial charge in [0.25, 0.3) is 0 Å². The van der Waals surface area contributed by atoms with E-state index in [0.717, 1.165) is 42.5 Å². The zero-order valence-corrected chi connectivity index (χ0v) is 11.0. The number of aromatic nitrogens is 5. The van der Waals surface area contributed by atoms with Gasteiger partial charge >= 0.3 is 0 Å². The fourth-order valence-electron chi connectivity index (χ4n) is 1.73. The molecule has 2 heterocycles. The molecular weight excluding hydrogens is 228 g/mol. The average molecular weight is 246 g/mol. The van der Waals surface area contributed by atoms with Gasteiger partial charge in [-0.2, -0.15) is 0 Å². The summed E-state index contributed by atoms with van der Waals surface area (Å²) in [5, 5.41) is 11.2. The van der Waals surface area contributed by atoms with Gasteiger partial charge in [0.05, 0.1) is 11.9 Å². The van der Waals surface area contributed by atoms with Crippen molar-refractivity contribution in [3.05, 3.63) is 18.1 Å². The van der Waals surface area contributed by atoms with Crippen molar-refractivity contribution >= 4 is 5.82 Å². The Kier molecular flexibility index (Phi) is 3.86. The second-order valence-corrected chi connectivity index (χ2v) is 4.05. The quantitative estimate of drug-likeness (QED) is 0.872. The molecule has 18 heavy (non-hydrogen) atoms. The van der Waals surface area contributed by atoms with Crippen molar-refractivity contribution in [2.45, 2.75) is 33.7 Å². The van der Waals surface area contributed by atoms with Gasteiger partial charge in [0.2, 0.25) is 0 Å². The van der Waals surface area contributed by atoms with E-state index in [0.29, 0.717) is 0 Å². The predicted octanol–water partition coefficient (Wildman–Crippen LogP) is 1.89. The Bertz CT molecular complexity index is 519. The first kappa shape index (κ1) is 12.5. The van der Waals surface area contributed by atoms with Crippen LogP contribution in [-0.4, -0.2) is 31.5 Å². The Morgan fingerprint density at radius 1 is 1.28 bits per heavy atom. The van der Waals surface area contributed by atoms with E-state index in [1.165, 1.54) is 0 Å². The van der Waals surface area contributed by atoms with Crippen molar-refractivity contribution in [3.8, 4) is 11.4 Å². The smallest absolute Gasteiger partial charge is 0.130 e. The highest BCUT2D eigenvalue weighted by Crippen LogP contribution is 2.18. The minimum Gasteiger partial charge on any atom is -0.370 e. The van der Waals surface area contributed by atoms with Gasteiger partial charge in [-0.3, -0.25) is 0 Å². The topological polar surface area (TPSA) is 68.5 Å². The highest BCUT2D eigenvalue weighted by molar-refractivity contribution is 5.58. The molecule has 0 unspecified atom stereocenters. The Morgan fingerprint density at radius 2 is 2.11 bits per heavy atom. The first-order valence-electron chi connectivity index (χ1n) is 6.23. The van der Waals surface area contributed by atoms with E-state index >= 15 is 0 Å². The van der Waals surface area contributed by atoms with E-state index < -0.39 is 0 Å². The summed E-state index contributed by atoms with van der Waals surface area (Å²) in [6.07, 6.45) is 2.79. The lowest BCUT2D eigenvalue weighted by Crippen LogP contribution is -2.06. The number of hydrogen-bond donors (Lipinski definition) is 1. The van der Waals surface area contributed by atoms with Crippen LogP contribution in [0.15, 0.2) is 12.3 Å². The molecule has 0 fully saturated rings. The molecule has 0 saturated carbocycles. The molecule has 0 atom stereocenters. The van der Waals surface area contributed by atoms with Gasteiger partial charge in [-0.15, -0.1) is 5.10 Å². The molecule has 0 spiro atoms. The van der Waals surface area contributed by atoms with Gasteiger partial charge in [0.15, 0.2) is 0 Å². The molecule has 2 rings (SSSR count). The second kappa shape index (κ2) is 5.57. The van der Waals surface area contributed by atoms with E-state index in [-0.39, 0.29) is 0 Å². The minimum absolute atomic E-state index is 0.745. The van der Waals surface area contributed by atoms with Crippen LogP contribution in [0.4, 0.5) is 5.82 Å². The van der Waals surface area contributed by atoms with E-state index in [1.54, 1.807) is 6.20 Å². The van der Waals surface area contributed by atoms with Crippen molar-refractivity contribution in [2.24, 2.45) is 0 Å². The van der Waals surface area contributed by atoms with Crippen LogP contribution in [0.2, 0.25) is 0 Å². The molecule has 0 aliphatic carbocycles. The number of rotatable bonds is 5. The highest BCUT2D eigenvalue weighted by Gasteiger charge is 2.09. The van der Waals surface area contributed by atoms with Crippen LogP contribution in [-0.2, 0) is 6.54 Å². The van der Waals surface area contributed by atoms with Gasteiger partial charge in [0, 0.05) is 19.2 Å². The maximum Gasteiger partial charge on any atom is 0.130 e. The van der Waals surface area contributed by atoms with Crippen molar-refractivity contribution in [1.82, 2.24) is 25.0 Å². The fourth-order valence-corrected chi connectivity index (χ4v) is 1.73. The van der Waals surface area contributed by atoms with Crippen molar-refractivity contribution in [3.63, 3.8) is 0 Å². The van der Waals surface area contributed by atoms with E-state index in [2.05, 4.69) is 32.5 Å². The van der Waals surface area contributed by atoms with Crippen LogP contribution in [0.5, 0.6) is 0 Å². The monoisotopic (exact) mass is 246 g/mol. The molecule has 0 radical (unpaired) electrons. The van der Waals surface area contributed by atoms with Gasteiger partial charge < -0.3 is 5.32 Å². The number of anilines is 1. The van der Waals surface area contributed by atoms with Gasteiger partial charge in [-0.1, -0.05) is 12.1 Å². The summed E-state index contributed by atoms with van der Waals surface area (Å²) >= 11 is 0. The van der Waals surface area contributed by atoms with Gasteiger partial charge in [0.1, 0.15) is 17.3 Å². The maximum absolute atomic E-state index is 4.44. The minimum atomic E-state index is 0.745. The normalized spacial score (nSPS) is 10.6. The van der Waals surface area contributed by atoms with E-state index in [1.807, 2.05) is 24.6 Å². The van der Waals surface area contributed by atoms with Crippen molar-refractivity contribution < 1.29 is 0 Å². The summed E-state index contributed by atoms with van der Waals surface area (Å²) in [4.78, 5) is 8.81. The summed E-state index contributed by atoms with van der Waals surface area (Å²) in [5.41, 5.74) is 1.77. The summed E-state index contributed by atoms with van der Waals surface area (Å²) in [6.45, 7) is 7.72. The predicted molar refractivity (Wildman–Crippen MR) is 70.2 cm³/mol. The van der Waals surface area contributed by atoms with Crippen LogP contribution < -0.4 is 5.32 Å². The van der Waals surface area contributed by atoms with Crippen LogP contribution in [0, 0.1) is 6.92 Å². The highest BCUT2D eigenvalue weighted by atomic mass is 15.4. The molecule has 1 N–H and O–H groups in total. The molecule has 6 heteroatoms. The Balaban J connectivity index is 2.35. The lowest BCUT2D eigenvalue weighted by Gasteiger charge is -2.08. The first-order valence-corrected chi connectivity index (χ1v) is 6.23. The summed E-state index contributed by atoms with van der Waals surface area (Å²) in [6, 6.07) is 1.94. The third-order valence-electron chi connectivity index (χ3n) is 2.57. The Hall–Kier alpha value is -1.98. The molecule has 0 saturated heterocycles. The van der Waals surface area contributed by atoms with Crippen LogP contribution in [0.25, 0.3) is 11.4 Å². The zero-order chi connectivity index (χ0) is 13.0. The molecule has 96 valence electrons. The SMILES string of the molecule is CCCNc1cc(-c2cnnn2CC)nc(C)n1. The second-order valence-electron chi connectivity index (χ2n) is 4.05. The van der Waals surface area contributed by atoms with E-state index in [4.69, 9.17) is 0 Å². The van der Waals surface area contributed by atoms with E-state index in [9.17, 15) is 0 Å². The molecule has 0 amide bonds. The third-order valence-corrected chi connectivity index (χ3v) is 2.57. The summed E-state index contributed by atoms with van der Waals surface area (Å²) < 4.78 is 1.82. The van der Waals surface area contributed by atoms with Crippen molar-refractivity contribution in [2.75, 3.05) is 11.9 Å². The van der Waals surface area contributed by atoms with Crippen LogP contribution in [0.3, 0.4) is 0 Å². The average Bonchev–Trinajstić information content (AvgIpc) is 2.84. The number of nitrogens with one attached hydrogen (secondary N) is 1. The molecule has 2 aromatic heterocycles. The molecule has 0 aliphatic heterocycles. The standard InChI is InChI=1S/C12H18N6/c1-4-6-13-12-7-10(15-9(3)16-12)11-8-14-17-18(11)5-2/h7-8H,4-6H2,1-3H3,(H,13,15,16). The largest absolute Gasteiger partial charge is 0.370 e. The molecule has 6 nitrogen and oxygen atoms in total. The van der Waals surface area contributed by atoms with Gasteiger partial charge in [-0.25, -0.2) is 14.6 Å². The van der Waals surface area contributed by atoms with Crippen molar-refractivity contribution in [1.29, 1.82) is 0 Å². The van der Waals surface area contributed by atoms with Crippen LogP contribution in [0.1, 0.15) is 26.1 Å². The molecule has 0 bridgehead atoms. The Labute approximate surface area is 106 Å². The lowest BCUT2D eigenvalue weighted by molar-refractivity contribution is 0.631. The summed E-state index contributed by atoms with van der Waals surface area (Å²) in [7, 11) is 0. The lowest BCUT2D eigenvalue weighted by atomic mass is 10.3. The fraction of sp³-hybridized carbons (Fsp3) is 0.500. The molecule has 0 aliphatic rings.